The molecule has 0 aliphatic carbocycles. The predicted octanol–water partition coefficient (Wildman–Crippen LogP) is 4.84. The van der Waals surface area contributed by atoms with E-state index in [4.69, 9.17) is 4.52 Å². The van der Waals surface area contributed by atoms with E-state index in [0.29, 0.717) is 34.3 Å². The predicted molar refractivity (Wildman–Crippen MR) is 121 cm³/mol. The van der Waals surface area contributed by atoms with Crippen LogP contribution in [0.3, 0.4) is 0 Å². The lowest BCUT2D eigenvalue weighted by atomic mass is 10.0. The van der Waals surface area contributed by atoms with Gasteiger partial charge in [-0.3, -0.25) is 9.59 Å². The number of anilines is 1. The molecule has 0 aliphatic heterocycles. The highest BCUT2D eigenvalue weighted by atomic mass is 32.2. The van der Waals surface area contributed by atoms with Crippen LogP contribution in [0.1, 0.15) is 59.6 Å². The minimum Gasteiger partial charge on any atom is -0.347 e. The zero-order chi connectivity index (χ0) is 22.4. The highest BCUT2D eigenvalue weighted by Gasteiger charge is 2.19. The van der Waals surface area contributed by atoms with Gasteiger partial charge in [0.05, 0.1) is 11.3 Å². The molecule has 0 aliphatic rings. The lowest BCUT2D eigenvalue weighted by Crippen LogP contribution is -2.42. The summed E-state index contributed by atoms with van der Waals surface area (Å²) < 4.78 is 5.13. The van der Waals surface area contributed by atoms with Crippen LogP contribution in [0.15, 0.2) is 57.9 Å². The number of carbonyl (C=O) groups excluding carboxylic acids is 2. The summed E-state index contributed by atoms with van der Waals surface area (Å²) in [5.41, 5.74) is 1.44. The molecule has 31 heavy (non-hydrogen) atoms. The smallest absolute Gasteiger partial charge is 0.256 e. The summed E-state index contributed by atoms with van der Waals surface area (Å²) in [5.74, 6) is 1.20. The maximum absolute atomic E-state index is 12.8. The summed E-state index contributed by atoms with van der Waals surface area (Å²) >= 11 is 1.46. The largest absolute Gasteiger partial charge is 0.347 e. The van der Waals surface area contributed by atoms with Gasteiger partial charge in [-0.1, -0.05) is 24.2 Å². The third-order valence-corrected chi connectivity index (χ3v) is 5.85. The Labute approximate surface area is 186 Å². The highest BCUT2D eigenvalue weighted by Crippen LogP contribution is 2.26. The van der Waals surface area contributed by atoms with Crippen LogP contribution in [0.2, 0.25) is 0 Å². The zero-order valence-electron chi connectivity index (χ0n) is 18.1. The van der Waals surface area contributed by atoms with Crippen LogP contribution < -0.4 is 10.6 Å². The van der Waals surface area contributed by atoms with Gasteiger partial charge < -0.3 is 15.2 Å². The van der Waals surface area contributed by atoms with Gasteiger partial charge in [0.25, 0.3) is 11.8 Å². The summed E-state index contributed by atoms with van der Waals surface area (Å²) in [7, 11) is 0. The lowest BCUT2D eigenvalue weighted by Gasteiger charge is -2.24. The number of hydrogen-bond acceptors (Lipinski definition) is 6. The number of aryl methyl sites for hydroxylation is 1. The van der Waals surface area contributed by atoms with Gasteiger partial charge in [0.15, 0.2) is 5.82 Å². The zero-order valence-corrected chi connectivity index (χ0v) is 18.9. The Bertz CT molecular complexity index is 1060. The van der Waals surface area contributed by atoms with Crippen molar-refractivity contribution in [1.29, 1.82) is 0 Å². The van der Waals surface area contributed by atoms with Gasteiger partial charge in [-0.05, 0) is 63.6 Å². The second-order valence-corrected chi connectivity index (χ2v) is 8.76. The van der Waals surface area contributed by atoms with Crippen molar-refractivity contribution in [2.45, 2.75) is 50.3 Å². The first-order chi connectivity index (χ1) is 14.8. The van der Waals surface area contributed by atoms with E-state index in [1.807, 2.05) is 39.0 Å². The normalized spacial score (nSPS) is 11.2. The fourth-order valence-electron chi connectivity index (χ4n) is 2.69. The van der Waals surface area contributed by atoms with E-state index in [1.165, 1.54) is 11.8 Å². The maximum Gasteiger partial charge on any atom is 0.256 e. The minimum atomic E-state index is -0.273. The third-order valence-electron chi connectivity index (χ3n) is 4.79. The fourth-order valence-corrected chi connectivity index (χ4v) is 3.58. The number of nitrogens with zero attached hydrogens (tertiary/aromatic N) is 2. The van der Waals surface area contributed by atoms with E-state index in [0.717, 1.165) is 11.3 Å². The van der Waals surface area contributed by atoms with E-state index >= 15 is 0 Å². The highest BCUT2D eigenvalue weighted by molar-refractivity contribution is 7.98. The van der Waals surface area contributed by atoms with Crippen LogP contribution in [0.25, 0.3) is 0 Å². The van der Waals surface area contributed by atoms with Crippen molar-refractivity contribution in [3.63, 3.8) is 0 Å². The molecular weight excluding hydrogens is 412 g/mol. The Morgan fingerprint density at radius 3 is 2.42 bits per heavy atom. The first-order valence-electron chi connectivity index (χ1n) is 10.0. The van der Waals surface area contributed by atoms with Gasteiger partial charge in [-0.15, -0.1) is 11.8 Å². The molecule has 0 unspecified atom stereocenters. The van der Waals surface area contributed by atoms with Gasteiger partial charge in [-0.2, -0.15) is 4.98 Å². The molecule has 0 bridgehead atoms. The van der Waals surface area contributed by atoms with Gasteiger partial charge in [0.1, 0.15) is 0 Å². The number of amides is 2. The monoisotopic (exact) mass is 438 g/mol. The number of aromatic nitrogens is 2. The maximum atomic E-state index is 12.8. The number of rotatable bonds is 8. The molecule has 162 valence electrons. The average Bonchev–Trinajstić information content (AvgIpc) is 3.17. The summed E-state index contributed by atoms with van der Waals surface area (Å²) in [6.45, 7) is 7.75. The van der Waals surface area contributed by atoms with Crippen LogP contribution in [0, 0.1) is 6.92 Å². The van der Waals surface area contributed by atoms with Gasteiger partial charge in [0, 0.05) is 21.7 Å². The second-order valence-electron chi connectivity index (χ2n) is 7.74. The van der Waals surface area contributed by atoms with Crippen molar-refractivity contribution >= 4 is 29.3 Å². The topological polar surface area (TPSA) is 97.1 Å². The number of hydrogen-bond donors (Lipinski definition) is 2. The summed E-state index contributed by atoms with van der Waals surface area (Å²) in [4.78, 5) is 30.2. The Balaban J connectivity index is 1.65. The standard InChI is InChI=1S/C23H26N4O3S/c1-5-23(3,4)26-21(28)16-10-12-17(13-11-16)25-22(29)18-8-6-7-9-19(18)31-14-20-24-15(2)27-30-20/h6-13H,5,14H2,1-4H3,(H,25,29)(H,26,28). The van der Waals surface area contributed by atoms with Crippen molar-refractivity contribution in [2.24, 2.45) is 0 Å². The second kappa shape index (κ2) is 9.78. The molecular formula is C23H26N4O3S. The molecule has 3 rings (SSSR count). The molecule has 0 radical (unpaired) electrons. The Hall–Kier alpha value is -3.13. The van der Waals surface area contributed by atoms with Crippen LogP contribution in [-0.4, -0.2) is 27.5 Å². The van der Waals surface area contributed by atoms with Crippen LogP contribution >= 0.6 is 11.8 Å². The van der Waals surface area contributed by atoms with Crippen molar-refractivity contribution in [2.75, 3.05) is 5.32 Å². The molecule has 1 aromatic heterocycles. The van der Waals surface area contributed by atoms with Crippen LogP contribution in [0.4, 0.5) is 5.69 Å². The molecule has 0 saturated carbocycles. The van der Waals surface area contributed by atoms with Crippen molar-refractivity contribution in [3.05, 3.63) is 71.4 Å². The molecule has 2 aromatic carbocycles. The van der Waals surface area contributed by atoms with E-state index in [2.05, 4.69) is 20.8 Å². The van der Waals surface area contributed by atoms with Gasteiger partial charge >= 0.3 is 0 Å². The molecule has 3 aromatic rings. The molecule has 7 nitrogen and oxygen atoms in total. The first kappa shape index (κ1) is 22.6. The summed E-state index contributed by atoms with van der Waals surface area (Å²) in [5, 5.41) is 9.67. The number of nitrogens with one attached hydrogen (secondary N) is 2. The number of benzene rings is 2. The van der Waals surface area contributed by atoms with Gasteiger partial charge in [0.2, 0.25) is 5.89 Å². The fraction of sp³-hybridized carbons (Fsp3) is 0.304. The van der Waals surface area contributed by atoms with E-state index in [9.17, 15) is 9.59 Å². The lowest BCUT2D eigenvalue weighted by molar-refractivity contribution is 0.0911. The molecule has 2 amide bonds. The van der Waals surface area contributed by atoms with Crippen LogP contribution in [0.5, 0.6) is 0 Å². The SMILES string of the molecule is CCC(C)(C)NC(=O)c1ccc(NC(=O)c2ccccc2SCc2nc(C)no2)cc1. The van der Waals surface area contributed by atoms with Crippen molar-refractivity contribution in [1.82, 2.24) is 15.5 Å². The molecule has 0 fully saturated rings. The molecule has 8 heteroatoms. The van der Waals surface area contributed by atoms with E-state index in [-0.39, 0.29) is 17.4 Å². The Kier molecular flexibility index (Phi) is 7.12. The Morgan fingerprint density at radius 1 is 1.06 bits per heavy atom. The average molecular weight is 439 g/mol. The molecule has 0 atom stereocenters. The summed E-state index contributed by atoms with van der Waals surface area (Å²) in [6, 6.07) is 14.2. The summed E-state index contributed by atoms with van der Waals surface area (Å²) in [6.07, 6.45) is 0.830. The third kappa shape index (κ3) is 6.18. The minimum absolute atomic E-state index is 0.136. The van der Waals surface area contributed by atoms with E-state index in [1.54, 1.807) is 37.3 Å². The molecule has 1 heterocycles. The van der Waals surface area contributed by atoms with Crippen LogP contribution in [-0.2, 0) is 5.75 Å². The number of carbonyl (C=O) groups is 2. The van der Waals surface area contributed by atoms with E-state index < -0.39 is 0 Å². The van der Waals surface area contributed by atoms with Crippen molar-refractivity contribution < 1.29 is 14.1 Å². The first-order valence-corrected chi connectivity index (χ1v) is 11.0. The number of thioether (sulfide) groups is 1. The van der Waals surface area contributed by atoms with Crippen molar-refractivity contribution in [3.8, 4) is 0 Å². The molecule has 0 saturated heterocycles. The quantitative estimate of drug-likeness (QED) is 0.489. The molecule has 0 spiro atoms. The van der Waals surface area contributed by atoms with Gasteiger partial charge in [-0.25, -0.2) is 0 Å². The molecule has 2 N–H and O–H groups in total. The Morgan fingerprint density at radius 2 is 1.77 bits per heavy atom.